The lowest BCUT2D eigenvalue weighted by Crippen LogP contribution is -2.24. The number of hydrogen-bond donors (Lipinski definition) is 1. The van der Waals surface area contributed by atoms with Gasteiger partial charge in [0.25, 0.3) is 0 Å². The largest absolute Gasteiger partial charge is 0.496 e. The number of methoxy groups -OCH3 is 2. The van der Waals surface area contributed by atoms with Gasteiger partial charge in [0.15, 0.2) is 0 Å². The first-order chi connectivity index (χ1) is 11.7. The van der Waals surface area contributed by atoms with Crippen molar-refractivity contribution in [1.29, 1.82) is 0 Å². The Morgan fingerprint density at radius 1 is 1.04 bits per heavy atom. The highest BCUT2D eigenvalue weighted by atomic mass is 16.5. The maximum Gasteiger partial charge on any atom is 0.126 e. The molecule has 0 aliphatic rings. The first kappa shape index (κ1) is 16.1. The summed E-state index contributed by atoms with van der Waals surface area (Å²) in [5.41, 5.74) is 1.67. The Bertz CT molecular complexity index is 796. The first-order valence-corrected chi connectivity index (χ1v) is 7.52. The van der Waals surface area contributed by atoms with Gasteiger partial charge in [-0.1, -0.05) is 17.3 Å². The van der Waals surface area contributed by atoms with Gasteiger partial charge in [0.1, 0.15) is 35.5 Å². The Labute approximate surface area is 139 Å². The molecule has 24 heavy (non-hydrogen) atoms. The number of benzene rings is 2. The molecule has 0 radical (unpaired) electrons. The monoisotopic (exact) mass is 329 g/mol. The molecule has 3 aromatic rings. The van der Waals surface area contributed by atoms with E-state index in [1.807, 2.05) is 24.3 Å². The Kier molecular flexibility index (Phi) is 4.81. The Balaban J connectivity index is 1.64. The highest BCUT2D eigenvalue weighted by Crippen LogP contribution is 2.27. The van der Waals surface area contributed by atoms with Crippen molar-refractivity contribution >= 4 is 11.0 Å². The molecular formula is C17H19N3O4. The summed E-state index contributed by atoms with van der Waals surface area (Å²) in [6.07, 6.45) is -0.729. The SMILES string of the molecule is COc1cc(OC)cc(OC[C@@H](O)Cn2nnc3ccccc32)c1. The van der Waals surface area contributed by atoms with E-state index in [1.54, 1.807) is 37.1 Å². The average molecular weight is 329 g/mol. The molecule has 0 aliphatic heterocycles. The molecule has 0 amide bonds. The van der Waals surface area contributed by atoms with Crippen molar-refractivity contribution in [1.82, 2.24) is 15.0 Å². The molecule has 0 saturated heterocycles. The fourth-order valence-corrected chi connectivity index (χ4v) is 2.36. The summed E-state index contributed by atoms with van der Waals surface area (Å²) in [5.74, 6) is 1.82. The van der Waals surface area contributed by atoms with Crippen LogP contribution in [0.1, 0.15) is 0 Å². The molecule has 1 N–H and O–H groups in total. The van der Waals surface area contributed by atoms with Crippen molar-refractivity contribution in [3.05, 3.63) is 42.5 Å². The van der Waals surface area contributed by atoms with E-state index in [4.69, 9.17) is 14.2 Å². The molecule has 7 heteroatoms. The maximum atomic E-state index is 10.2. The Hall–Kier alpha value is -2.80. The van der Waals surface area contributed by atoms with Crippen molar-refractivity contribution in [2.24, 2.45) is 0 Å². The summed E-state index contributed by atoms with van der Waals surface area (Å²) in [7, 11) is 3.15. The Morgan fingerprint density at radius 2 is 1.71 bits per heavy atom. The highest BCUT2D eigenvalue weighted by Gasteiger charge is 2.11. The summed E-state index contributed by atoms with van der Waals surface area (Å²) in [4.78, 5) is 0. The number of nitrogens with zero attached hydrogens (tertiary/aromatic N) is 3. The molecular weight excluding hydrogens is 310 g/mol. The van der Waals surface area contributed by atoms with Crippen molar-refractivity contribution in [3.8, 4) is 17.2 Å². The van der Waals surface area contributed by atoms with Crippen LogP contribution in [0.4, 0.5) is 0 Å². The van der Waals surface area contributed by atoms with E-state index >= 15 is 0 Å². The lowest BCUT2D eigenvalue weighted by atomic mass is 10.3. The molecule has 0 bridgehead atoms. The quantitative estimate of drug-likeness (QED) is 0.713. The zero-order valence-corrected chi connectivity index (χ0v) is 13.5. The van der Waals surface area contributed by atoms with Gasteiger partial charge in [-0.15, -0.1) is 5.10 Å². The van der Waals surface area contributed by atoms with Gasteiger partial charge in [0, 0.05) is 18.2 Å². The second-order valence-electron chi connectivity index (χ2n) is 5.27. The standard InChI is InChI=1S/C17H19N3O4/c1-22-13-7-14(23-2)9-15(8-13)24-11-12(21)10-20-17-6-4-3-5-16(17)18-19-20/h3-9,12,21H,10-11H2,1-2H3/t12-/m0/s1. The number of hydrogen-bond acceptors (Lipinski definition) is 6. The lowest BCUT2D eigenvalue weighted by Gasteiger charge is -2.14. The third-order valence-corrected chi connectivity index (χ3v) is 3.57. The Morgan fingerprint density at radius 3 is 2.42 bits per heavy atom. The van der Waals surface area contributed by atoms with Crippen LogP contribution in [-0.2, 0) is 6.54 Å². The van der Waals surface area contributed by atoms with Gasteiger partial charge < -0.3 is 19.3 Å². The van der Waals surface area contributed by atoms with E-state index in [0.717, 1.165) is 11.0 Å². The zero-order chi connectivity index (χ0) is 16.9. The minimum absolute atomic E-state index is 0.116. The summed E-state index contributed by atoms with van der Waals surface area (Å²) < 4.78 is 17.7. The van der Waals surface area contributed by atoms with Crippen LogP contribution in [0.5, 0.6) is 17.2 Å². The van der Waals surface area contributed by atoms with Gasteiger partial charge in [-0.05, 0) is 12.1 Å². The van der Waals surface area contributed by atoms with Crippen LogP contribution in [-0.4, -0.2) is 47.0 Å². The fourth-order valence-electron chi connectivity index (χ4n) is 2.36. The highest BCUT2D eigenvalue weighted by molar-refractivity contribution is 5.73. The molecule has 0 unspecified atom stereocenters. The first-order valence-electron chi connectivity index (χ1n) is 7.52. The van der Waals surface area contributed by atoms with Crippen LogP contribution < -0.4 is 14.2 Å². The number of aliphatic hydroxyl groups excluding tert-OH is 1. The molecule has 3 rings (SSSR count). The van der Waals surface area contributed by atoms with Crippen LogP contribution in [0.15, 0.2) is 42.5 Å². The molecule has 0 fully saturated rings. The van der Waals surface area contributed by atoms with Gasteiger partial charge in [0.2, 0.25) is 0 Å². The van der Waals surface area contributed by atoms with Crippen LogP contribution in [0.3, 0.4) is 0 Å². The van der Waals surface area contributed by atoms with Crippen molar-refractivity contribution in [2.75, 3.05) is 20.8 Å². The zero-order valence-electron chi connectivity index (χ0n) is 13.5. The predicted octanol–water partition coefficient (Wildman–Crippen LogP) is 1.89. The third-order valence-electron chi connectivity index (χ3n) is 3.57. The molecule has 126 valence electrons. The number of aromatic nitrogens is 3. The summed E-state index contributed by atoms with van der Waals surface area (Å²) in [5, 5.41) is 18.3. The van der Waals surface area contributed by atoms with Crippen LogP contribution >= 0.6 is 0 Å². The molecule has 0 spiro atoms. The maximum absolute atomic E-state index is 10.2. The average Bonchev–Trinajstić information content (AvgIpc) is 3.02. The van der Waals surface area contributed by atoms with E-state index in [0.29, 0.717) is 23.8 Å². The summed E-state index contributed by atoms with van der Waals surface area (Å²) in [6.45, 7) is 0.409. The molecule has 1 heterocycles. The second-order valence-corrected chi connectivity index (χ2v) is 5.27. The third kappa shape index (κ3) is 3.57. The van der Waals surface area contributed by atoms with E-state index < -0.39 is 6.10 Å². The van der Waals surface area contributed by atoms with E-state index in [9.17, 15) is 5.11 Å². The number of aliphatic hydroxyl groups is 1. The van der Waals surface area contributed by atoms with Gasteiger partial charge in [0.05, 0.1) is 26.3 Å². The van der Waals surface area contributed by atoms with E-state index in [1.165, 1.54) is 0 Å². The fraction of sp³-hybridized carbons (Fsp3) is 0.294. The van der Waals surface area contributed by atoms with Crippen molar-refractivity contribution < 1.29 is 19.3 Å². The minimum atomic E-state index is -0.729. The van der Waals surface area contributed by atoms with Gasteiger partial charge in [-0.3, -0.25) is 0 Å². The minimum Gasteiger partial charge on any atom is -0.496 e. The van der Waals surface area contributed by atoms with Crippen molar-refractivity contribution in [3.63, 3.8) is 0 Å². The van der Waals surface area contributed by atoms with Crippen LogP contribution in [0.25, 0.3) is 11.0 Å². The summed E-state index contributed by atoms with van der Waals surface area (Å²) in [6, 6.07) is 12.8. The number of rotatable bonds is 7. The smallest absolute Gasteiger partial charge is 0.126 e. The molecule has 0 saturated carbocycles. The normalized spacial score (nSPS) is 12.1. The molecule has 1 aromatic heterocycles. The van der Waals surface area contributed by atoms with Crippen molar-refractivity contribution in [2.45, 2.75) is 12.6 Å². The lowest BCUT2D eigenvalue weighted by molar-refractivity contribution is 0.0897. The second kappa shape index (κ2) is 7.18. The van der Waals surface area contributed by atoms with E-state index in [2.05, 4.69) is 10.3 Å². The van der Waals surface area contributed by atoms with Crippen LogP contribution in [0, 0.1) is 0 Å². The van der Waals surface area contributed by atoms with Gasteiger partial charge in [-0.25, -0.2) is 4.68 Å². The van der Waals surface area contributed by atoms with Gasteiger partial charge >= 0.3 is 0 Å². The molecule has 0 aliphatic carbocycles. The topological polar surface area (TPSA) is 78.6 Å². The number of para-hydroxylation sites is 1. The summed E-state index contributed by atoms with van der Waals surface area (Å²) >= 11 is 0. The number of fused-ring (bicyclic) bond motifs is 1. The van der Waals surface area contributed by atoms with E-state index in [-0.39, 0.29) is 6.61 Å². The molecule has 7 nitrogen and oxygen atoms in total. The molecule has 1 atom stereocenters. The van der Waals surface area contributed by atoms with Gasteiger partial charge in [-0.2, -0.15) is 0 Å². The number of ether oxygens (including phenoxy) is 3. The predicted molar refractivity (Wildman–Crippen MR) is 88.6 cm³/mol. The molecule has 2 aromatic carbocycles. The van der Waals surface area contributed by atoms with Crippen LogP contribution in [0.2, 0.25) is 0 Å².